The first-order valence-corrected chi connectivity index (χ1v) is 12.8. The molecule has 0 saturated heterocycles. The molecule has 0 radical (unpaired) electrons. The molecule has 1 aromatic heterocycles. The summed E-state index contributed by atoms with van der Waals surface area (Å²) in [5.41, 5.74) is 10.9. The van der Waals surface area contributed by atoms with Crippen LogP contribution >= 0.6 is 0 Å². The van der Waals surface area contributed by atoms with Gasteiger partial charge < -0.3 is 10.2 Å². The van der Waals surface area contributed by atoms with Crippen molar-refractivity contribution in [3.8, 4) is 0 Å². The second-order valence-electron chi connectivity index (χ2n) is 10.7. The fraction of sp³-hybridized carbons (Fsp3) is 0.769. The normalized spacial score (nSPS) is 25.3. The maximum absolute atomic E-state index is 14.0. The molecule has 2 heterocycles. The third-order valence-electron chi connectivity index (χ3n) is 8.50. The molecule has 1 aromatic rings. The van der Waals surface area contributed by atoms with Gasteiger partial charge in [-0.25, -0.2) is 0 Å². The zero-order chi connectivity index (χ0) is 24.2. The Morgan fingerprint density at radius 3 is 2.61 bits per heavy atom. The molecule has 1 fully saturated rings. The molecule has 1 amide bonds. The second-order valence-corrected chi connectivity index (χ2v) is 10.7. The van der Waals surface area contributed by atoms with Crippen molar-refractivity contribution in [2.24, 2.45) is 28.3 Å². The Morgan fingerprint density at radius 1 is 1.30 bits per heavy atom. The van der Waals surface area contributed by atoms with Crippen LogP contribution in [-0.4, -0.2) is 34.4 Å². The average Bonchev–Trinajstić information content (AvgIpc) is 3.26. The van der Waals surface area contributed by atoms with E-state index in [4.69, 9.17) is 5.53 Å². The van der Waals surface area contributed by atoms with Crippen LogP contribution in [0.15, 0.2) is 17.4 Å². The first-order valence-electron chi connectivity index (χ1n) is 12.8. The molecule has 1 N–H and O–H groups in total. The third kappa shape index (κ3) is 5.36. The van der Waals surface area contributed by atoms with Crippen LogP contribution < -0.4 is 5.32 Å². The number of pyridine rings is 1. The highest BCUT2D eigenvalue weighted by Gasteiger charge is 2.50. The van der Waals surface area contributed by atoms with Gasteiger partial charge in [-0.2, -0.15) is 0 Å². The van der Waals surface area contributed by atoms with Gasteiger partial charge in [0, 0.05) is 48.4 Å². The number of nitrogens with zero attached hydrogens (tertiary/aromatic N) is 5. The molecule has 1 aliphatic carbocycles. The maximum Gasteiger partial charge on any atom is 0.229 e. The van der Waals surface area contributed by atoms with E-state index in [-0.39, 0.29) is 17.2 Å². The van der Waals surface area contributed by atoms with Crippen molar-refractivity contribution < 1.29 is 4.79 Å². The van der Waals surface area contributed by atoms with E-state index in [1.54, 1.807) is 6.20 Å². The molecular weight excluding hydrogens is 412 g/mol. The molecule has 2 unspecified atom stereocenters. The number of carbonyl (C=O) groups excluding carboxylic acids is 1. The van der Waals surface area contributed by atoms with Crippen molar-refractivity contribution in [1.29, 1.82) is 0 Å². The van der Waals surface area contributed by atoms with Gasteiger partial charge in [-0.05, 0) is 54.2 Å². The van der Waals surface area contributed by atoms with Gasteiger partial charge in [-0.1, -0.05) is 59.5 Å². The van der Waals surface area contributed by atoms with E-state index in [0.29, 0.717) is 42.7 Å². The summed E-state index contributed by atoms with van der Waals surface area (Å²) in [6.45, 7) is 14.9. The smallest absolute Gasteiger partial charge is 0.229 e. The van der Waals surface area contributed by atoms with Crippen molar-refractivity contribution in [3.05, 3.63) is 34.0 Å². The topological polar surface area (TPSA) is 94.0 Å². The maximum atomic E-state index is 14.0. The van der Waals surface area contributed by atoms with E-state index in [0.717, 1.165) is 36.9 Å². The van der Waals surface area contributed by atoms with Crippen LogP contribution in [0.3, 0.4) is 0 Å². The highest BCUT2D eigenvalue weighted by Crippen LogP contribution is 2.47. The zero-order valence-electron chi connectivity index (χ0n) is 21.3. The van der Waals surface area contributed by atoms with Crippen molar-refractivity contribution >= 4 is 11.6 Å². The van der Waals surface area contributed by atoms with Gasteiger partial charge in [0.25, 0.3) is 0 Å². The molecule has 2 aliphatic rings. The lowest BCUT2D eigenvalue weighted by Crippen LogP contribution is -2.49. The molecule has 1 aliphatic heterocycles. The Morgan fingerprint density at radius 2 is 2.00 bits per heavy atom. The number of azide groups is 1. The number of nitrogens with one attached hydrogen (secondary N) is 1. The van der Waals surface area contributed by atoms with Crippen LogP contribution in [0.1, 0.15) is 84.9 Å². The molecule has 0 spiro atoms. The molecule has 7 nitrogen and oxygen atoms in total. The molecule has 0 aromatic carbocycles. The van der Waals surface area contributed by atoms with Crippen LogP contribution in [0, 0.1) is 23.2 Å². The summed E-state index contributed by atoms with van der Waals surface area (Å²) >= 11 is 0. The van der Waals surface area contributed by atoms with E-state index in [9.17, 15) is 4.79 Å². The van der Waals surface area contributed by atoms with E-state index < -0.39 is 0 Å². The predicted octanol–water partition coefficient (Wildman–Crippen LogP) is 6.15. The monoisotopic (exact) mass is 454 g/mol. The molecular formula is C26H42N6O. The number of rotatable bonds is 9. The largest absolute Gasteiger partial charge is 0.337 e. The lowest BCUT2D eigenvalue weighted by atomic mass is 9.73. The van der Waals surface area contributed by atoms with E-state index in [2.05, 4.69) is 61.9 Å². The fourth-order valence-electron chi connectivity index (χ4n) is 5.86. The Hall–Kier alpha value is -2.11. The Balaban J connectivity index is 1.76. The molecule has 182 valence electrons. The SMILES string of the molecule is CCC(C)C(N[C@@H]1CC[C@@](C(=O)N2CCc3ncc(N=[N+]=[N-])cc3C2)(C(C)C)C1)C(C)CC. The number of fused-ring (bicyclic) bond motifs is 1. The van der Waals surface area contributed by atoms with Crippen molar-refractivity contribution in [2.45, 2.75) is 98.7 Å². The average molecular weight is 455 g/mol. The van der Waals surface area contributed by atoms with Crippen LogP contribution in [0.4, 0.5) is 5.69 Å². The predicted molar refractivity (Wildman–Crippen MR) is 133 cm³/mol. The van der Waals surface area contributed by atoms with Gasteiger partial charge >= 0.3 is 0 Å². The first kappa shape index (κ1) is 25.5. The van der Waals surface area contributed by atoms with Gasteiger partial charge in [0.15, 0.2) is 0 Å². The summed E-state index contributed by atoms with van der Waals surface area (Å²) < 4.78 is 0. The number of amides is 1. The quantitative estimate of drug-likeness (QED) is 0.275. The van der Waals surface area contributed by atoms with Gasteiger partial charge in [0.1, 0.15) is 0 Å². The number of carbonyl (C=O) groups is 1. The van der Waals surface area contributed by atoms with Crippen LogP contribution in [0.25, 0.3) is 10.4 Å². The third-order valence-corrected chi connectivity index (χ3v) is 8.50. The van der Waals surface area contributed by atoms with E-state index in [1.165, 1.54) is 12.8 Å². The van der Waals surface area contributed by atoms with Crippen molar-refractivity contribution in [3.63, 3.8) is 0 Å². The minimum absolute atomic E-state index is 0.283. The second kappa shape index (κ2) is 10.9. The van der Waals surface area contributed by atoms with Gasteiger partial charge in [0.05, 0.1) is 11.1 Å². The number of aromatic nitrogens is 1. The van der Waals surface area contributed by atoms with Crippen molar-refractivity contribution in [1.82, 2.24) is 15.2 Å². The summed E-state index contributed by atoms with van der Waals surface area (Å²) in [5.74, 6) is 1.82. The summed E-state index contributed by atoms with van der Waals surface area (Å²) in [5, 5.41) is 7.68. The lowest BCUT2D eigenvalue weighted by molar-refractivity contribution is -0.145. The zero-order valence-corrected chi connectivity index (χ0v) is 21.3. The van der Waals surface area contributed by atoms with E-state index >= 15 is 0 Å². The first-order chi connectivity index (χ1) is 15.7. The molecule has 4 atom stereocenters. The Kier molecular flexibility index (Phi) is 8.41. The fourth-order valence-corrected chi connectivity index (χ4v) is 5.86. The summed E-state index contributed by atoms with van der Waals surface area (Å²) in [4.78, 5) is 23.3. The molecule has 3 rings (SSSR count). The van der Waals surface area contributed by atoms with Crippen LogP contribution in [-0.2, 0) is 17.8 Å². The van der Waals surface area contributed by atoms with E-state index in [1.807, 2.05) is 11.0 Å². The minimum atomic E-state index is -0.319. The molecule has 1 saturated carbocycles. The molecule has 7 heteroatoms. The highest BCUT2D eigenvalue weighted by molar-refractivity contribution is 5.84. The number of hydrogen-bond acceptors (Lipinski definition) is 4. The van der Waals surface area contributed by atoms with Crippen LogP contribution in [0.2, 0.25) is 0 Å². The summed E-state index contributed by atoms with van der Waals surface area (Å²) in [7, 11) is 0. The van der Waals surface area contributed by atoms with Gasteiger partial charge in [-0.15, -0.1) is 0 Å². The Labute approximate surface area is 199 Å². The van der Waals surface area contributed by atoms with Crippen molar-refractivity contribution in [2.75, 3.05) is 6.54 Å². The van der Waals surface area contributed by atoms with Gasteiger partial charge in [0.2, 0.25) is 5.91 Å². The Bertz CT molecular complexity index is 870. The van der Waals surface area contributed by atoms with Crippen LogP contribution in [0.5, 0.6) is 0 Å². The minimum Gasteiger partial charge on any atom is -0.337 e. The lowest BCUT2D eigenvalue weighted by Gasteiger charge is -2.40. The molecule has 33 heavy (non-hydrogen) atoms. The summed E-state index contributed by atoms with van der Waals surface area (Å²) in [6.07, 6.45) is 7.61. The summed E-state index contributed by atoms with van der Waals surface area (Å²) in [6, 6.07) is 2.76. The standard InChI is InChI=1S/C26H42N6O/c1-7-18(5)24(19(6)8-2)29-21-9-11-26(14-21,17(3)4)25(33)32-12-10-23-20(16-32)13-22(15-28-23)30-31-27/h13,15,17-19,21,24,29H,7-12,14,16H2,1-6H3/t18?,19?,21-,24?,26+/m1/s1. The number of hydrogen-bond donors (Lipinski definition) is 1. The van der Waals surface area contributed by atoms with Gasteiger partial charge in [-0.3, -0.25) is 9.78 Å². The highest BCUT2D eigenvalue weighted by atomic mass is 16.2. The molecule has 0 bridgehead atoms.